The van der Waals surface area contributed by atoms with Crippen molar-refractivity contribution in [3.8, 4) is 0 Å². The van der Waals surface area contributed by atoms with Gasteiger partial charge in [-0.05, 0) is 13.0 Å². The average molecular weight is 331 g/mol. The first-order valence-electron chi connectivity index (χ1n) is 9.51. The summed E-state index contributed by atoms with van der Waals surface area (Å²) in [6, 6.07) is 0. The molecule has 23 heavy (non-hydrogen) atoms. The Bertz CT molecular complexity index is 274. The van der Waals surface area contributed by atoms with E-state index in [0.29, 0.717) is 13.1 Å². The first-order chi connectivity index (χ1) is 11.1. The number of β-amino-alcohol motifs (C(OH)–C–C–N with tert-alkyl or cyclic N) is 2. The second kappa shape index (κ2) is 12.2. The summed E-state index contributed by atoms with van der Waals surface area (Å²) < 4.78 is 0. The van der Waals surface area contributed by atoms with Gasteiger partial charge in [-0.25, -0.2) is 0 Å². The van der Waals surface area contributed by atoms with Crippen molar-refractivity contribution in [2.75, 3.05) is 19.6 Å². The lowest BCUT2D eigenvalue weighted by atomic mass is 10.1. The lowest BCUT2D eigenvalue weighted by molar-refractivity contribution is -0.0894. The van der Waals surface area contributed by atoms with Crippen LogP contribution in [0.2, 0.25) is 0 Å². The molecule has 0 saturated carbocycles. The zero-order valence-electron chi connectivity index (χ0n) is 14.7. The molecule has 1 saturated heterocycles. The number of unbranched alkanes of at least 4 members (excludes halogenated alkanes) is 9. The number of aliphatic hydroxyl groups excluding tert-OH is 4. The molecule has 5 heteroatoms. The molecule has 4 N–H and O–H groups in total. The van der Waals surface area contributed by atoms with Crippen LogP contribution in [0.15, 0.2) is 0 Å². The second-order valence-electron chi connectivity index (χ2n) is 7.06. The fraction of sp³-hybridized carbons (Fsp3) is 1.00. The van der Waals surface area contributed by atoms with E-state index in [4.69, 9.17) is 0 Å². The van der Waals surface area contributed by atoms with Crippen LogP contribution in [0.25, 0.3) is 0 Å². The van der Waals surface area contributed by atoms with E-state index in [-0.39, 0.29) is 0 Å². The highest BCUT2D eigenvalue weighted by Gasteiger charge is 2.35. The van der Waals surface area contributed by atoms with Crippen molar-refractivity contribution < 1.29 is 20.4 Å². The van der Waals surface area contributed by atoms with Gasteiger partial charge >= 0.3 is 0 Å². The molecule has 0 amide bonds. The number of likely N-dealkylation sites (tertiary alicyclic amines) is 1. The lowest BCUT2D eigenvalue weighted by Gasteiger charge is -2.23. The van der Waals surface area contributed by atoms with Gasteiger partial charge in [0.15, 0.2) is 0 Å². The minimum absolute atomic E-state index is 0.312. The predicted molar refractivity (Wildman–Crippen MR) is 92.3 cm³/mol. The van der Waals surface area contributed by atoms with E-state index in [1.807, 2.05) is 4.90 Å². The van der Waals surface area contributed by atoms with Gasteiger partial charge in [-0.3, -0.25) is 4.90 Å². The molecule has 0 aliphatic carbocycles. The fourth-order valence-electron chi connectivity index (χ4n) is 3.28. The van der Waals surface area contributed by atoms with Crippen LogP contribution in [0.3, 0.4) is 0 Å². The molecular formula is C18H37NO4. The van der Waals surface area contributed by atoms with E-state index in [2.05, 4.69) is 6.92 Å². The number of hydrogen-bond acceptors (Lipinski definition) is 5. The fourth-order valence-corrected chi connectivity index (χ4v) is 3.28. The van der Waals surface area contributed by atoms with Crippen LogP contribution in [-0.4, -0.2) is 69.4 Å². The molecular weight excluding hydrogens is 294 g/mol. The van der Waals surface area contributed by atoms with Crippen LogP contribution in [-0.2, 0) is 0 Å². The third-order valence-corrected chi connectivity index (χ3v) is 4.86. The van der Waals surface area contributed by atoms with E-state index in [1.54, 1.807) is 0 Å². The number of hydrogen-bond donors (Lipinski definition) is 4. The highest BCUT2D eigenvalue weighted by atomic mass is 16.4. The van der Waals surface area contributed by atoms with Gasteiger partial charge < -0.3 is 20.4 Å². The van der Waals surface area contributed by atoms with Crippen molar-refractivity contribution in [2.24, 2.45) is 0 Å². The van der Waals surface area contributed by atoms with Crippen molar-refractivity contribution in [1.82, 2.24) is 4.90 Å². The van der Waals surface area contributed by atoms with Gasteiger partial charge in [-0.2, -0.15) is 0 Å². The molecule has 0 aromatic rings. The summed E-state index contributed by atoms with van der Waals surface area (Å²) in [5.74, 6) is 0. The maximum absolute atomic E-state index is 9.81. The third-order valence-electron chi connectivity index (χ3n) is 4.86. The quantitative estimate of drug-likeness (QED) is 0.433. The summed E-state index contributed by atoms with van der Waals surface area (Å²) >= 11 is 0. The Balaban J connectivity index is 2.04. The molecule has 0 bridgehead atoms. The Morgan fingerprint density at radius 3 is 1.48 bits per heavy atom. The molecule has 1 aliphatic rings. The van der Waals surface area contributed by atoms with Crippen molar-refractivity contribution in [2.45, 2.75) is 95.5 Å². The summed E-state index contributed by atoms with van der Waals surface area (Å²) in [7, 11) is 0. The van der Waals surface area contributed by atoms with Crippen molar-refractivity contribution >= 4 is 0 Å². The maximum Gasteiger partial charge on any atom is 0.110 e. The number of rotatable bonds is 11. The average Bonchev–Trinajstić information content (AvgIpc) is 2.62. The second-order valence-corrected chi connectivity index (χ2v) is 7.06. The standard InChI is InChI=1S/C18H37NO4/c1-2-3-4-5-6-7-8-9-10-11-12-19-13-15(20)17(22)18(23)16(21)14-19/h15-18,20-23H,2-14H2,1H3/t15-,16+,17-,18-/m1/s1. The van der Waals surface area contributed by atoms with Gasteiger partial charge in [0.1, 0.15) is 12.2 Å². The molecule has 0 radical (unpaired) electrons. The highest BCUT2D eigenvalue weighted by molar-refractivity contribution is 4.88. The summed E-state index contributed by atoms with van der Waals surface area (Å²) in [5.41, 5.74) is 0. The smallest absolute Gasteiger partial charge is 0.110 e. The largest absolute Gasteiger partial charge is 0.389 e. The van der Waals surface area contributed by atoms with Crippen LogP contribution in [0, 0.1) is 0 Å². The third kappa shape index (κ3) is 8.45. The van der Waals surface area contributed by atoms with Crippen LogP contribution in [0.1, 0.15) is 71.1 Å². The maximum atomic E-state index is 9.81. The van der Waals surface area contributed by atoms with E-state index < -0.39 is 24.4 Å². The van der Waals surface area contributed by atoms with Crippen LogP contribution in [0.4, 0.5) is 0 Å². The summed E-state index contributed by atoms with van der Waals surface area (Å²) in [6.45, 7) is 3.66. The monoisotopic (exact) mass is 331 g/mol. The van der Waals surface area contributed by atoms with E-state index in [0.717, 1.165) is 19.4 Å². The molecule has 1 aliphatic heterocycles. The Hall–Kier alpha value is -0.200. The van der Waals surface area contributed by atoms with Crippen molar-refractivity contribution in [3.63, 3.8) is 0 Å². The first kappa shape index (κ1) is 20.8. The van der Waals surface area contributed by atoms with E-state index in [9.17, 15) is 20.4 Å². The molecule has 1 fully saturated rings. The van der Waals surface area contributed by atoms with E-state index in [1.165, 1.54) is 51.4 Å². The zero-order chi connectivity index (χ0) is 17.1. The van der Waals surface area contributed by atoms with Crippen molar-refractivity contribution in [1.29, 1.82) is 0 Å². The van der Waals surface area contributed by atoms with Crippen LogP contribution >= 0.6 is 0 Å². The molecule has 0 spiro atoms. The minimum Gasteiger partial charge on any atom is -0.389 e. The van der Waals surface area contributed by atoms with Gasteiger partial charge in [0.25, 0.3) is 0 Å². The molecule has 138 valence electrons. The van der Waals surface area contributed by atoms with Crippen LogP contribution in [0.5, 0.6) is 0 Å². The van der Waals surface area contributed by atoms with Gasteiger partial charge in [-0.1, -0.05) is 64.7 Å². The van der Waals surface area contributed by atoms with Gasteiger partial charge in [-0.15, -0.1) is 0 Å². The van der Waals surface area contributed by atoms with Gasteiger partial charge in [0.05, 0.1) is 12.2 Å². The summed E-state index contributed by atoms with van der Waals surface area (Å²) in [6.07, 6.45) is 8.25. The molecule has 0 unspecified atom stereocenters. The molecule has 1 heterocycles. The van der Waals surface area contributed by atoms with Crippen molar-refractivity contribution in [3.05, 3.63) is 0 Å². The molecule has 1 rings (SSSR count). The topological polar surface area (TPSA) is 84.2 Å². The normalized spacial score (nSPS) is 29.6. The Labute approximate surface area is 141 Å². The van der Waals surface area contributed by atoms with Crippen LogP contribution < -0.4 is 0 Å². The summed E-state index contributed by atoms with van der Waals surface area (Å²) in [5, 5.41) is 39.0. The molecule has 0 aromatic heterocycles. The predicted octanol–water partition coefficient (Wildman–Crippen LogP) is 1.67. The lowest BCUT2D eigenvalue weighted by Crippen LogP contribution is -2.43. The van der Waals surface area contributed by atoms with Gasteiger partial charge in [0, 0.05) is 13.1 Å². The Morgan fingerprint density at radius 2 is 1.04 bits per heavy atom. The molecule has 4 atom stereocenters. The highest BCUT2D eigenvalue weighted by Crippen LogP contribution is 2.15. The number of nitrogens with zero attached hydrogens (tertiary/aromatic N) is 1. The Kier molecular flexibility index (Phi) is 11.1. The number of aliphatic hydroxyl groups is 4. The van der Waals surface area contributed by atoms with E-state index >= 15 is 0 Å². The summed E-state index contributed by atoms with van der Waals surface area (Å²) in [4.78, 5) is 1.94. The molecule has 0 aromatic carbocycles. The van der Waals surface area contributed by atoms with Gasteiger partial charge in [0.2, 0.25) is 0 Å². The zero-order valence-corrected chi connectivity index (χ0v) is 14.7. The minimum atomic E-state index is -1.26. The Morgan fingerprint density at radius 1 is 0.652 bits per heavy atom. The SMILES string of the molecule is CCCCCCCCCCCCN1C[C@@H](O)[C@@H](O)[C@H](O)[C@@H](O)C1. The first-order valence-corrected chi connectivity index (χ1v) is 9.51. The molecule has 5 nitrogen and oxygen atoms in total.